The SMILES string of the molecule is Cc1cccc(CO)c1OCc1cc(F)cc([N+](=O)[O-])c1. The van der Waals surface area contributed by atoms with E-state index < -0.39 is 10.7 Å². The number of non-ortho nitro benzene ring substituents is 1. The number of hydrogen-bond acceptors (Lipinski definition) is 4. The number of nitrogens with zero attached hydrogens (tertiary/aromatic N) is 1. The van der Waals surface area contributed by atoms with E-state index >= 15 is 0 Å². The zero-order valence-corrected chi connectivity index (χ0v) is 11.4. The molecule has 21 heavy (non-hydrogen) atoms. The first kappa shape index (κ1) is 14.9. The molecular formula is C15H14FNO4. The Kier molecular flexibility index (Phi) is 4.49. The first-order chi connectivity index (χ1) is 10.0. The summed E-state index contributed by atoms with van der Waals surface area (Å²) in [7, 11) is 0. The van der Waals surface area contributed by atoms with Gasteiger partial charge in [0, 0.05) is 11.6 Å². The molecule has 110 valence electrons. The molecule has 0 bridgehead atoms. The molecule has 0 radical (unpaired) electrons. The molecule has 0 aliphatic rings. The van der Waals surface area contributed by atoms with Crippen LogP contribution in [-0.4, -0.2) is 10.0 Å². The van der Waals surface area contributed by atoms with Crippen LogP contribution >= 0.6 is 0 Å². The maximum Gasteiger partial charge on any atom is 0.272 e. The number of nitro benzene ring substituents is 1. The number of ether oxygens (including phenoxy) is 1. The number of para-hydroxylation sites is 1. The third-order valence-corrected chi connectivity index (χ3v) is 3.00. The molecular weight excluding hydrogens is 277 g/mol. The van der Waals surface area contributed by atoms with Crippen molar-refractivity contribution in [3.63, 3.8) is 0 Å². The standard InChI is InChI=1S/C15H14FNO4/c1-10-3-2-4-12(8-18)15(10)21-9-11-5-13(16)7-14(6-11)17(19)20/h2-7,18H,8-9H2,1H3. The average Bonchev–Trinajstić information content (AvgIpc) is 2.45. The molecule has 0 aliphatic carbocycles. The molecule has 0 amide bonds. The van der Waals surface area contributed by atoms with Gasteiger partial charge in [0.1, 0.15) is 18.2 Å². The Morgan fingerprint density at radius 3 is 2.76 bits per heavy atom. The third kappa shape index (κ3) is 3.55. The van der Waals surface area contributed by atoms with Crippen molar-refractivity contribution in [3.8, 4) is 5.75 Å². The van der Waals surface area contributed by atoms with E-state index in [1.165, 1.54) is 12.1 Å². The summed E-state index contributed by atoms with van der Waals surface area (Å²) in [5.74, 6) is -0.179. The summed E-state index contributed by atoms with van der Waals surface area (Å²) in [6.45, 7) is 1.62. The second-order valence-corrected chi connectivity index (χ2v) is 4.58. The maximum atomic E-state index is 13.3. The number of rotatable bonds is 5. The van der Waals surface area contributed by atoms with Gasteiger partial charge in [-0.2, -0.15) is 0 Å². The van der Waals surface area contributed by atoms with Gasteiger partial charge >= 0.3 is 0 Å². The topological polar surface area (TPSA) is 72.6 Å². The number of hydrogen-bond donors (Lipinski definition) is 1. The van der Waals surface area contributed by atoms with Crippen molar-refractivity contribution >= 4 is 5.69 Å². The molecule has 0 aliphatic heterocycles. The van der Waals surface area contributed by atoms with Gasteiger partial charge in [0.25, 0.3) is 5.69 Å². The lowest BCUT2D eigenvalue weighted by Crippen LogP contribution is -2.02. The number of benzene rings is 2. The van der Waals surface area contributed by atoms with Crippen LogP contribution in [0.2, 0.25) is 0 Å². The lowest BCUT2D eigenvalue weighted by atomic mass is 10.1. The number of aryl methyl sites for hydroxylation is 1. The van der Waals surface area contributed by atoms with Crippen LogP contribution in [-0.2, 0) is 13.2 Å². The van der Waals surface area contributed by atoms with Crippen molar-refractivity contribution in [3.05, 3.63) is 69.0 Å². The largest absolute Gasteiger partial charge is 0.488 e. The van der Waals surface area contributed by atoms with Crippen molar-refractivity contribution in [2.75, 3.05) is 0 Å². The van der Waals surface area contributed by atoms with Crippen molar-refractivity contribution in [2.45, 2.75) is 20.1 Å². The summed E-state index contributed by atoms with van der Waals surface area (Å²) < 4.78 is 18.9. The predicted molar refractivity (Wildman–Crippen MR) is 74.5 cm³/mol. The fourth-order valence-corrected chi connectivity index (χ4v) is 2.02. The van der Waals surface area contributed by atoms with Crippen molar-refractivity contribution in [2.24, 2.45) is 0 Å². The fraction of sp³-hybridized carbons (Fsp3) is 0.200. The van der Waals surface area contributed by atoms with Crippen molar-refractivity contribution < 1.29 is 19.2 Å². The zero-order chi connectivity index (χ0) is 15.4. The highest BCUT2D eigenvalue weighted by Crippen LogP contribution is 2.25. The summed E-state index contributed by atoms with van der Waals surface area (Å²) in [5.41, 5.74) is 1.47. The molecule has 0 atom stereocenters. The Morgan fingerprint density at radius 2 is 2.10 bits per heavy atom. The summed E-state index contributed by atoms with van der Waals surface area (Å²) in [6.07, 6.45) is 0. The van der Waals surface area contributed by atoms with Crippen LogP contribution in [0.1, 0.15) is 16.7 Å². The van der Waals surface area contributed by atoms with Gasteiger partial charge in [-0.1, -0.05) is 18.2 Å². The molecule has 0 saturated heterocycles. The van der Waals surface area contributed by atoms with Crippen molar-refractivity contribution in [1.29, 1.82) is 0 Å². The second-order valence-electron chi connectivity index (χ2n) is 4.58. The lowest BCUT2D eigenvalue weighted by Gasteiger charge is -2.13. The normalized spacial score (nSPS) is 10.4. The summed E-state index contributed by atoms with van der Waals surface area (Å²) in [5, 5.41) is 20.0. The summed E-state index contributed by atoms with van der Waals surface area (Å²) in [4.78, 5) is 10.0. The molecule has 2 rings (SSSR count). The van der Waals surface area contributed by atoms with Gasteiger partial charge in [-0.05, 0) is 24.1 Å². The van der Waals surface area contributed by atoms with E-state index in [0.717, 1.165) is 11.6 Å². The van der Waals surface area contributed by atoms with Crippen LogP contribution in [0.15, 0.2) is 36.4 Å². The van der Waals surface area contributed by atoms with Crippen LogP contribution in [0.5, 0.6) is 5.75 Å². The van der Waals surface area contributed by atoms with Crippen LogP contribution < -0.4 is 4.74 Å². The molecule has 0 spiro atoms. The van der Waals surface area contributed by atoms with Crippen LogP contribution in [0.4, 0.5) is 10.1 Å². The number of halogens is 1. The van der Waals surface area contributed by atoms with Gasteiger partial charge < -0.3 is 9.84 Å². The van der Waals surface area contributed by atoms with Gasteiger partial charge in [0.15, 0.2) is 0 Å². The van der Waals surface area contributed by atoms with Crippen molar-refractivity contribution in [1.82, 2.24) is 0 Å². The Morgan fingerprint density at radius 1 is 1.33 bits per heavy atom. The maximum absolute atomic E-state index is 13.3. The molecule has 5 nitrogen and oxygen atoms in total. The van der Waals surface area contributed by atoms with E-state index in [9.17, 15) is 19.6 Å². The molecule has 0 saturated carbocycles. The smallest absolute Gasteiger partial charge is 0.272 e. The van der Waals surface area contributed by atoms with Gasteiger partial charge in [-0.25, -0.2) is 4.39 Å². The number of aliphatic hydroxyl groups is 1. The Bertz CT molecular complexity index is 673. The average molecular weight is 291 g/mol. The van der Waals surface area contributed by atoms with E-state index in [1.807, 2.05) is 13.0 Å². The third-order valence-electron chi connectivity index (χ3n) is 3.00. The fourth-order valence-electron chi connectivity index (χ4n) is 2.02. The minimum Gasteiger partial charge on any atom is -0.488 e. The molecule has 0 aromatic heterocycles. The Hall–Kier alpha value is -2.47. The van der Waals surface area contributed by atoms with Crippen LogP contribution in [0, 0.1) is 22.9 Å². The minimum atomic E-state index is -0.685. The minimum absolute atomic E-state index is 0.0174. The van der Waals surface area contributed by atoms with E-state index in [1.54, 1.807) is 12.1 Å². The molecule has 2 aromatic rings. The first-order valence-corrected chi connectivity index (χ1v) is 6.27. The van der Waals surface area contributed by atoms with E-state index in [-0.39, 0.29) is 18.9 Å². The second kappa shape index (κ2) is 6.32. The Balaban J connectivity index is 2.23. The molecule has 1 N–H and O–H groups in total. The van der Waals surface area contributed by atoms with E-state index in [2.05, 4.69) is 0 Å². The number of nitro groups is 1. The molecule has 0 heterocycles. The van der Waals surface area contributed by atoms with E-state index in [0.29, 0.717) is 16.9 Å². The summed E-state index contributed by atoms with van der Waals surface area (Å²) in [6, 6.07) is 8.64. The molecule has 0 unspecified atom stereocenters. The summed E-state index contributed by atoms with van der Waals surface area (Å²) >= 11 is 0. The molecule has 0 fully saturated rings. The highest BCUT2D eigenvalue weighted by Gasteiger charge is 2.11. The lowest BCUT2D eigenvalue weighted by molar-refractivity contribution is -0.385. The Labute approximate surface area is 120 Å². The van der Waals surface area contributed by atoms with Crippen LogP contribution in [0.25, 0.3) is 0 Å². The highest BCUT2D eigenvalue weighted by molar-refractivity contribution is 5.41. The van der Waals surface area contributed by atoms with E-state index in [4.69, 9.17) is 4.74 Å². The monoisotopic (exact) mass is 291 g/mol. The predicted octanol–water partition coefficient (Wildman–Crippen LogP) is 3.11. The van der Waals surface area contributed by atoms with Crippen LogP contribution in [0.3, 0.4) is 0 Å². The molecule has 2 aromatic carbocycles. The quantitative estimate of drug-likeness (QED) is 0.678. The molecule has 6 heteroatoms. The number of aliphatic hydroxyl groups excluding tert-OH is 1. The van der Waals surface area contributed by atoms with Gasteiger partial charge in [0.05, 0.1) is 17.6 Å². The van der Waals surface area contributed by atoms with Gasteiger partial charge in [0.2, 0.25) is 0 Å². The van der Waals surface area contributed by atoms with Gasteiger partial charge in [-0.15, -0.1) is 0 Å². The highest BCUT2D eigenvalue weighted by atomic mass is 19.1. The zero-order valence-electron chi connectivity index (χ0n) is 11.4. The first-order valence-electron chi connectivity index (χ1n) is 6.27. The van der Waals surface area contributed by atoms with Gasteiger partial charge in [-0.3, -0.25) is 10.1 Å².